The third-order valence-electron chi connectivity index (χ3n) is 6.88. The van der Waals surface area contributed by atoms with Gasteiger partial charge in [0.05, 0.1) is 5.56 Å². The molecule has 8 nitrogen and oxygen atoms in total. The molecule has 1 unspecified atom stereocenters. The molecule has 204 valence electrons. The maximum Gasteiger partial charge on any atom is 0.338 e. The monoisotopic (exact) mass is 563 g/mol. The van der Waals surface area contributed by atoms with E-state index in [1.165, 1.54) is 11.8 Å². The summed E-state index contributed by atoms with van der Waals surface area (Å²) < 4.78 is 19.1. The predicted molar refractivity (Wildman–Crippen MR) is 155 cm³/mol. The summed E-state index contributed by atoms with van der Waals surface area (Å²) >= 11 is 1.29. The molecular formula is C29H33N3O5SSi. The minimum absolute atomic E-state index is 0.345. The first kappa shape index (κ1) is 28.9. The minimum Gasteiger partial charge on any atom is -0.455 e. The van der Waals surface area contributed by atoms with Crippen LogP contribution in [0.2, 0.25) is 5.04 Å². The molecule has 1 aliphatic rings. The first-order valence-corrected chi connectivity index (χ1v) is 15.9. The van der Waals surface area contributed by atoms with E-state index in [2.05, 4.69) is 30.8 Å². The van der Waals surface area contributed by atoms with Crippen LogP contribution >= 0.6 is 11.8 Å². The molecule has 3 aromatic carbocycles. The molecule has 1 heterocycles. The Labute approximate surface area is 234 Å². The van der Waals surface area contributed by atoms with Gasteiger partial charge in [-0.2, -0.15) is 0 Å². The number of esters is 1. The van der Waals surface area contributed by atoms with Crippen molar-refractivity contribution in [3.63, 3.8) is 0 Å². The van der Waals surface area contributed by atoms with E-state index in [0.29, 0.717) is 5.56 Å². The summed E-state index contributed by atoms with van der Waals surface area (Å²) in [5.74, 6) is -0.597. The van der Waals surface area contributed by atoms with Crippen LogP contribution in [0.5, 0.6) is 0 Å². The number of aliphatic hydroxyl groups is 1. The number of hydrogen-bond donors (Lipinski definition) is 1. The van der Waals surface area contributed by atoms with Gasteiger partial charge in [-0.15, -0.1) is 11.8 Å². The Hall–Kier alpha value is -3.11. The van der Waals surface area contributed by atoms with E-state index in [9.17, 15) is 15.4 Å². The van der Waals surface area contributed by atoms with Crippen molar-refractivity contribution in [2.75, 3.05) is 6.26 Å². The Morgan fingerprint density at radius 3 is 1.95 bits per heavy atom. The Bertz CT molecular complexity index is 1250. The smallest absolute Gasteiger partial charge is 0.338 e. The first-order valence-electron chi connectivity index (χ1n) is 12.7. The van der Waals surface area contributed by atoms with Crippen molar-refractivity contribution in [1.29, 1.82) is 0 Å². The minimum atomic E-state index is -3.12. The molecule has 0 saturated carbocycles. The lowest BCUT2D eigenvalue weighted by molar-refractivity contribution is -0.221. The summed E-state index contributed by atoms with van der Waals surface area (Å²) in [7, 11) is -3.12. The molecular weight excluding hydrogens is 530 g/mol. The lowest BCUT2D eigenvalue weighted by Gasteiger charge is -2.49. The van der Waals surface area contributed by atoms with Gasteiger partial charge in [-0.1, -0.05) is 105 Å². The predicted octanol–water partition coefficient (Wildman–Crippen LogP) is 4.87. The standard InChI is InChI=1S/C29H33N3O5SSi/c1-29(2,3)39(21-16-10-6-11-17-21,22-18-12-7-13-19-22)37-27-24(33)23(31-32-30)25(28(36-27)38-4)35-26(34)20-14-8-5-9-15-20/h5-19,23-25,27-28,33H,1-4H3/t23-,24+,25+,27?,28+/m1/s1. The highest BCUT2D eigenvalue weighted by Gasteiger charge is 2.56. The van der Waals surface area contributed by atoms with Gasteiger partial charge >= 0.3 is 5.97 Å². The van der Waals surface area contributed by atoms with Crippen molar-refractivity contribution in [2.24, 2.45) is 5.11 Å². The molecule has 10 heteroatoms. The number of benzene rings is 3. The summed E-state index contributed by atoms with van der Waals surface area (Å²) in [6.07, 6.45) is -1.76. The van der Waals surface area contributed by atoms with Gasteiger partial charge in [0.1, 0.15) is 23.7 Å². The van der Waals surface area contributed by atoms with E-state index in [-0.39, 0.29) is 5.04 Å². The van der Waals surface area contributed by atoms with Crippen molar-refractivity contribution >= 4 is 36.4 Å². The van der Waals surface area contributed by atoms with Crippen LogP contribution in [0, 0.1) is 0 Å². The van der Waals surface area contributed by atoms with Gasteiger partial charge in [0.25, 0.3) is 8.32 Å². The third-order valence-corrected chi connectivity index (χ3v) is 12.7. The summed E-state index contributed by atoms with van der Waals surface area (Å²) in [6.45, 7) is 6.36. The van der Waals surface area contributed by atoms with Gasteiger partial charge < -0.3 is 19.0 Å². The number of thioether (sulfide) groups is 1. The fourth-order valence-corrected chi connectivity index (χ4v) is 10.3. The number of hydrogen-bond acceptors (Lipinski definition) is 7. The lowest BCUT2D eigenvalue weighted by atomic mass is 10.0. The van der Waals surface area contributed by atoms with Crippen molar-refractivity contribution in [3.8, 4) is 0 Å². The number of ether oxygens (including phenoxy) is 2. The molecule has 1 aliphatic heterocycles. The highest BCUT2D eigenvalue weighted by atomic mass is 32.2. The van der Waals surface area contributed by atoms with Gasteiger partial charge in [-0.25, -0.2) is 4.79 Å². The first-order chi connectivity index (χ1) is 18.7. The number of aliphatic hydroxyl groups excluding tert-OH is 1. The largest absolute Gasteiger partial charge is 0.455 e. The Kier molecular flexibility index (Phi) is 9.17. The fraction of sp³-hybridized carbons (Fsp3) is 0.345. The number of azide groups is 1. The maximum atomic E-state index is 12.9. The van der Waals surface area contributed by atoms with Crippen LogP contribution in [0.25, 0.3) is 10.4 Å². The normalized spacial score (nSPS) is 23.5. The second-order valence-corrected chi connectivity index (χ2v) is 15.5. The second kappa shape index (κ2) is 12.4. The van der Waals surface area contributed by atoms with Crippen molar-refractivity contribution in [1.82, 2.24) is 0 Å². The van der Waals surface area contributed by atoms with Gasteiger partial charge in [-0.05, 0) is 39.3 Å². The van der Waals surface area contributed by atoms with Gasteiger partial charge in [0.15, 0.2) is 6.29 Å². The van der Waals surface area contributed by atoms with E-state index in [1.54, 1.807) is 36.6 Å². The van der Waals surface area contributed by atoms with E-state index >= 15 is 0 Å². The van der Waals surface area contributed by atoms with Gasteiger partial charge in [0, 0.05) is 4.91 Å². The molecule has 4 rings (SSSR count). The SMILES string of the molecule is CS[C@@H]1OC(O[Si](c2ccccc2)(c2ccccc2)C(C)(C)C)[C@@H](O)[C@@H](N=[N+]=[N-])[C@@H]1OC(=O)c1ccccc1. The molecule has 0 aromatic heterocycles. The third kappa shape index (κ3) is 5.91. The van der Waals surface area contributed by atoms with Crippen LogP contribution < -0.4 is 10.4 Å². The maximum absolute atomic E-state index is 12.9. The van der Waals surface area contributed by atoms with Crippen LogP contribution in [-0.4, -0.2) is 55.6 Å². The summed E-state index contributed by atoms with van der Waals surface area (Å²) in [5.41, 5.74) is 8.99. The Morgan fingerprint density at radius 2 is 1.49 bits per heavy atom. The molecule has 5 atom stereocenters. The lowest BCUT2D eigenvalue weighted by Crippen LogP contribution is -2.70. The van der Waals surface area contributed by atoms with Crippen LogP contribution in [-0.2, 0) is 13.9 Å². The molecule has 0 radical (unpaired) electrons. The number of carbonyl (C=O) groups is 1. The van der Waals surface area contributed by atoms with Crippen LogP contribution in [0.1, 0.15) is 31.1 Å². The zero-order valence-electron chi connectivity index (χ0n) is 22.4. The summed E-state index contributed by atoms with van der Waals surface area (Å²) in [5, 5.41) is 17.1. The van der Waals surface area contributed by atoms with E-state index in [4.69, 9.17) is 13.9 Å². The van der Waals surface area contributed by atoms with Crippen molar-refractivity contribution in [3.05, 3.63) is 107 Å². The zero-order chi connectivity index (χ0) is 28.0. The number of rotatable bonds is 8. The van der Waals surface area contributed by atoms with Crippen molar-refractivity contribution in [2.45, 2.75) is 55.8 Å². The van der Waals surface area contributed by atoms with Crippen molar-refractivity contribution < 1.29 is 23.8 Å². The zero-order valence-corrected chi connectivity index (χ0v) is 24.2. The van der Waals surface area contributed by atoms with Gasteiger partial charge in [-0.3, -0.25) is 0 Å². The number of nitrogens with zero attached hydrogens (tertiary/aromatic N) is 3. The summed E-state index contributed by atoms with van der Waals surface area (Å²) in [6, 6.07) is 27.4. The van der Waals surface area contributed by atoms with E-state index < -0.39 is 44.3 Å². The second-order valence-electron chi connectivity index (χ2n) is 10.3. The molecule has 0 bridgehead atoms. The van der Waals surface area contributed by atoms with Gasteiger partial charge in [0.2, 0.25) is 0 Å². The fourth-order valence-electron chi connectivity index (χ4n) is 5.04. The molecule has 1 saturated heterocycles. The molecule has 0 spiro atoms. The Balaban J connectivity index is 1.75. The molecule has 0 aliphatic carbocycles. The molecule has 3 aromatic rings. The molecule has 1 N–H and O–H groups in total. The molecule has 0 amide bonds. The van der Waals surface area contributed by atoms with Crippen LogP contribution in [0.4, 0.5) is 0 Å². The average Bonchev–Trinajstić information content (AvgIpc) is 2.95. The van der Waals surface area contributed by atoms with Crippen LogP contribution in [0.3, 0.4) is 0 Å². The summed E-state index contributed by atoms with van der Waals surface area (Å²) in [4.78, 5) is 15.9. The van der Waals surface area contributed by atoms with Crippen LogP contribution in [0.15, 0.2) is 96.1 Å². The van der Waals surface area contributed by atoms with E-state index in [1.807, 2.05) is 60.7 Å². The Morgan fingerprint density at radius 1 is 0.974 bits per heavy atom. The highest BCUT2D eigenvalue weighted by Crippen LogP contribution is 2.40. The van der Waals surface area contributed by atoms with E-state index in [0.717, 1.165) is 10.4 Å². The topological polar surface area (TPSA) is 114 Å². The average molecular weight is 564 g/mol. The number of carbonyl (C=O) groups excluding carboxylic acids is 1. The molecule has 39 heavy (non-hydrogen) atoms. The molecule has 1 fully saturated rings. The quantitative estimate of drug-likeness (QED) is 0.137. The highest BCUT2D eigenvalue weighted by molar-refractivity contribution is 7.99.